The van der Waals surface area contributed by atoms with Crippen LogP contribution in [-0.2, 0) is 4.84 Å². The predicted molar refractivity (Wildman–Crippen MR) is 103 cm³/mol. The lowest BCUT2D eigenvalue weighted by Crippen LogP contribution is -2.05. The van der Waals surface area contributed by atoms with E-state index in [2.05, 4.69) is 20.4 Å². The van der Waals surface area contributed by atoms with Gasteiger partial charge in [0.25, 0.3) is 0 Å². The van der Waals surface area contributed by atoms with Gasteiger partial charge in [-0.3, -0.25) is 9.24 Å². The van der Waals surface area contributed by atoms with E-state index >= 15 is 0 Å². The molecule has 4 rings (SSSR count). The molecular formula is C19H17FN6O2. The molecule has 28 heavy (non-hydrogen) atoms. The Hall–Kier alpha value is -3.72. The Bertz CT molecular complexity index is 1140. The third-order valence-electron chi connectivity index (χ3n) is 4.18. The van der Waals surface area contributed by atoms with E-state index in [1.165, 1.54) is 26.4 Å². The summed E-state index contributed by atoms with van der Waals surface area (Å²) in [5, 5.41) is 0. The Labute approximate surface area is 159 Å². The summed E-state index contributed by atoms with van der Waals surface area (Å²) >= 11 is 0. The molecule has 0 amide bonds. The van der Waals surface area contributed by atoms with E-state index in [9.17, 15) is 4.39 Å². The van der Waals surface area contributed by atoms with E-state index in [0.29, 0.717) is 34.3 Å². The molecule has 9 heteroatoms. The van der Waals surface area contributed by atoms with Crippen molar-refractivity contribution in [2.45, 2.75) is 0 Å². The largest absolute Gasteiger partial charge is 0.481 e. The standard InChI is InChI=1S/C19H17FN6O2/c1-27-15-10-12(9-14(23-15)25-28-2)17-16(11-3-5-13(20)6-4-11)24-18(21)19-22-7-8-26(17)19/h3-10H,1-2H3,(H2,21,24)(H,23,25). The van der Waals surface area contributed by atoms with Crippen LogP contribution < -0.4 is 16.0 Å². The summed E-state index contributed by atoms with van der Waals surface area (Å²) in [5.74, 6) is 0.766. The second-order valence-corrected chi connectivity index (χ2v) is 5.91. The molecule has 1 aromatic carbocycles. The molecule has 8 nitrogen and oxygen atoms in total. The lowest BCUT2D eigenvalue weighted by atomic mass is 10.0. The number of aromatic nitrogens is 4. The number of nitrogens with zero attached hydrogens (tertiary/aromatic N) is 4. The van der Waals surface area contributed by atoms with Crippen LogP contribution in [0.15, 0.2) is 48.8 Å². The first-order valence-electron chi connectivity index (χ1n) is 8.34. The number of hydrogen-bond donors (Lipinski definition) is 2. The van der Waals surface area contributed by atoms with Gasteiger partial charge in [-0.1, -0.05) is 0 Å². The molecule has 3 N–H and O–H groups in total. The van der Waals surface area contributed by atoms with Gasteiger partial charge < -0.3 is 10.5 Å². The number of anilines is 2. The highest BCUT2D eigenvalue weighted by molar-refractivity contribution is 5.84. The summed E-state index contributed by atoms with van der Waals surface area (Å²) in [6.07, 6.45) is 3.42. The molecule has 0 saturated carbocycles. The minimum absolute atomic E-state index is 0.268. The van der Waals surface area contributed by atoms with Crippen molar-refractivity contribution in [3.8, 4) is 28.4 Å². The lowest BCUT2D eigenvalue weighted by Gasteiger charge is -2.15. The van der Waals surface area contributed by atoms with Gasteiger partial charge in [0.15, 0.2) is 17.3 Å². The van der Waals surface area contributed by atoms with Crippen LogP contribution >= 0.6 is 0 Å². The minimum atomic E-state index is -0.334. The summed E-state index contributed by atoms with van der Waals surface area (Å²) in [5.41, 5.74) is 12.0. The van der Waals surface area contributed by atoms with Gasteiger partial charge in [0.05, 0.1) is 25.6 Å². The van der Waals surface area contributed by atoms with Gasteiger partial charge in [-0.2, -0.15) is 4.98 Å². The Balaban J connectivity index is 2.04. The molecule has 0 aliphatic heterocycles. The number of pyridine rings is 1. The SMILES string of the molecule is CONc1cc(-c2c(-c3ccc(F)cc3)nc(N)c3nccn23)cc(OC)n1. The third-order valence-corrected chi connectivity index (χ3v) is 4.18. The predicted octanol–water partition coefficient (Wildman–Crippen LogP) is 3.16. The molecule has 0 radical (unpaired) electrons. The van der Waals surface area contributed by atoms with Crippen LogP contribution in [0.3, 0.4) is 0 Å². The molecule has 0 spiro atoms. The number of imidazole rings is 1. The first-order valence-corrected chi connectivity index (χ1v) is 8.34. The van der Waals surface area contributed by atoms with Crippen molar-refractivity contribution in [2.24, 2.45) is 0 Å². The van der Waals surface area contributed by atoms with E-state index < -0.39 is 0 Å². The maximum atomic E-state index is 13.4. The molecular weight excluding hydrogens is 363 g/mol. The van der Waals surface area contributed by atoms with Crippen LogP contribution in [0.25, 0.3) is 28.2 Å². The third kappa shape index (κ3) is 3.08. The van der Waals surface area contributed by atoms with Crippen molar-refractivity contribution in [1.29, 1.82) is 0 Å². The summed E-state index contributed by atoms with van der Waals surface area (Å²) in [6, 6.07) is 9.60. The lowest BCUT2D eigenvalue weighted by molar-refractivity contribution is 0.268. The van der Waals surface area contributed by atoms with E-state index in [1.54, 1.807) is 36.7 Å². The normalized spacial score (nSPS) is 11.0. The van der Waals surface area contributed by atoms with Crippen molar-refractivity contribution in [3.05, 3.63) is 54.6 Å². The van der Waals surface area contributed by atoms with Gasteiger partial charge in [-0.25, -0.2) is 19.8 Å². The number of nitrogens with one attached hydrogen (secondary N) is 1. The van der Waals surface area contributed by atoms with Crippen molar-refractivity contribution >= 4 is 17.3 Å². The number of halogens is 1. The molecule has 4 aromatic rings. The number of nitrogens with two attached hydrogens (primary N) is 1. The van der Waals surface area contributed by atoms with E-state index in [4.69, 9.17) is 15.3 Å². The van der Waals surface area contributed by atoms with Gasteiger partial charge in [0.2, 0.25) is 5.88 Å². The number of benzene rings is 1. The summed E-state index contributed by atoms with van der Waals surface area (Å²) in [6.45, 7) is 0. The topological polar surface area (TPSA) is 99.6 Å². The molecule has 0 atom stereocenters. The Morgan fingerprint density at radius 1 is 1.07 bits per heavy atom. The van der Waals surface area contributed by atoms with Crippen molar-refractivity contribution in [2.75, 3.05) is 25.4 Å². The average molecular weight is 380 g/mol. The molecule has 0 aliphatic carbocycles. The van der Waals surface area contributed by atoms with Crippen LogP contribution in [0.1, 0.15) is 0 Å². The smallest absolute Gasteiger partial charge is 0.215 e. The monoisotopic (exact) mass is 380 g/mol. The molecule has 0 saturated heterocycles. The van der Waals surface area contributed by atoms with Crippen molar-refractivity contribution < 1.29 is 14.0 Å². The number of fused-ring (bicyclic) bond motifs is 1. The molecule has 0 bridgehead atoms. The molecule has 0 unspecified atom stereocenters. The highest BCUT2D eigenvalue weighted by atomic mass is 19.1. The molecule has 142 valence electrons. The van der Waals surface area contributed by atoms with Crippen LogP contribution in [0.5, 0.6) is 5.88 Å². The first kappa shape index (κ1) is 17.7. The maximum Gasteiger partial charge on any atom is 0.215 e. The number of nitrogen functional groups attached to an aromatic ring is 1. The fourth-order valence-electron chi connectivity index (χ4n) is 3.00. The molecule has 3 heterocycles. The zero-order valence-electron chi connectivity index (χ0n) is 15.2. The Morgan fingerprint density at radius 3 is 2.57 bits per heavy atom. The van der Waals surface area contributed by atoms with Crippen molar-refractivity contribution in [3.63, 3.8) is 0 Å². The van der Waals surface area contributed by atoms with E-state index in [-0.39, 0.29) is 11.6 Å². The fourth-order valence-corrected chi connectivity index (χ4v) is 3.00. The van der Waals surface area contributed by atoms with Gasteiger partial charge in [0, 0.05) is 29.6 Å². The number of rotatable bonds is 5. The van der Waals surface area contributed by atoms with Crippen LogP contribution in [0, 0.1) is 5.82 Å². The highest BCUT2D eigenvalue weighted by Gasteiger charge is 2.18. The Morgan fingerprint density at radius 2 is 1.86 bits per heavy atom. The van der Waals surface area contributed by atoms with Crippen molar-refractivity contribution in [1.82, 2.24) is 19.4 Å². The highest BCUT2D eigenvalue weighted by Crippen LogP contribution is 2.35. The Kier molecular flexibility index (Phi) is 4.50. The van der Waals surface area contributed by atoms with Gasteiger partial charge in [0.1, 0.15) is 5.82 Å². The van der Waals surface area contributed by atoms with Gasteiger partial charge in [-0.05, 0) is 30.3 Å². The number of methoxy groups -OCH3 is 1. The first-order chi connectivity index (χ1) is 13.6. The second-order valence-electron chi connectivity index (χ2n) is 5.91. The zero-order valence-corrected chi connectivity index (χ0v) is 15.2. The minimum Gasteiger partial charge on any atom is -0.481 e. The summed E-state index contributed by atoms with van der Waals surface area (Å²) in [7, 11) is 3.02. The van der Waals surface area contributed by atoms with Crippen LogP contribution in [-0.4, -0.2) is 33.6 Å². The molecule has 3 aromatic heterocycles. The van der Waals surface area contributed by atoms with Crippen LogP contribution in [0.4, 0.5) is 16.0 Å². The zero-order chi connectivity index (χ0) is 19.7. The molecule has 0 aliphatic rings. The average Bonchev–Trinajstić information content (AvgIpc) is 3.19. The van der Waals surface area contributed by atoms with E-state index in [1.807, 2.05) is 4.40 Å². The van der Waals surface area contributed by atoms with Crippen LogP contribution in [0.2, 0.25) is 0 Å². The van der Waals surface area contributed by atoms with Gasteiger partial charge in [-0.15, -0.1) is 0 Å². The quantitative estimate of drug-likeness (QED) is 0.513. The van der Waals surface area contributed by atoms with E-state index in [0.717, 1.165) is 5.56 Å². The number of ether oxygens (including phenoxy) is 1. The second kappa shape index (κ2) is 7.12. The molecule has 0 fully saturated rings. The summed E-state index contributed by atoms with van der Waals surface area (Å²) in [4.78, 5) is 18.1. The number of hydrogen-bond acceptors (Lipinski definition) is 7. The fraction of sp³-hybridized carbons (Fsp3) is 0.105. The summed E-state index contributed by atoms with van der Waals surface area (Å²) < 4.78 is 20.6. The maximum absolute atomic E-state index is 13.4. The van der Waals surface area contributed by atoms with Gasteiger partial charge >= 0.3 is 0 Å².